The van der Waals surface area contributed by atoms with Crippen molar-refractivity contribution < 1.29 is 9.53 Å². The lowest BCUT2D eigenvalue weighted by Crippen LogP contribution is -2.44. The van der Waals surface area contributed by atoms with Crippen molar-refractivity contribution in [3.63, 3.8) is 0 Å². The van der Waals surface area contributed by atoms with Crippen LogP contribution in [0.2, 0.25) is 0 Å². The van der Waals surface area contributed by atoms with Gasteiger partial charge >= 0.3 is 0 Å². The number of hydrogen-bond donors (Lipinski definition) is 1. The average Bonchev–Trinajstić information content (AvgIpc) is 2.70. The number of pyridine rings is 1. The zero-order valence-corrected chi connectivity index (χ0v) is 17.0. The largest absolute Gasteiger partial charge is 0.480 e. The Labute approximate surface area is 162 Å². The van der Waals surface area contributed by atoms with E-state index in [1.54, 1.807) is 12.3 Å². The van der Waals surface area contributed by atoms with Gasteiger partial charge < -0.3 is 19.9 Å². The van der Waals surface area contributed by atoms with E-state index in [9.17, 15) is 4.79 Å². The van der Waals surface area contributed by atoms with E-state index < -0.39 is 0 Å². The van der Waals surface area contributed by atoms with Gasteiger partial charge in [-0.1, -0.05) is 13.8 Å². The summed E-state index contributed by atoms with van der Waals surface area (Å²) in [5, 5.41) is 2.93. The van der Waals surface area contributed by atoms with Gasteiger partial charge in [-0.3, -0.25) is 4.79 Å². The van der Waals surface area contributed by atoms with E-state index in [0.29, 0.717) is 11.4 Å². The number of nitrogens with zero attached hydrogens (tertiary/aromatic N) is 3. The van der Waals surface area contributed by atoms with Gasteiger partial charge in [-0.05, 0) is 49.9 Å². The molecule has 1 aromatic heterocycles. The second kappa shape index (κ2) is 9.92. The first-order valence-corrected chi connectivity index (χ1v) is 9.43. The number of anilines is 2. The number of hydrogen-bond acceptors (Lipinski definition) is 5. The Kier molecular flexibility index (Phi) is 7.61. The highest BCUT2D eigenvalue weighted by Crippen LogP contribution is 2.22. The molecule has 0 atom stereocenters. The maximum absolute atomic E-state index is 12.6. The van der Waals surface area contributed by atoms with Crippen molar-refractivity contribution in [2.75, 3.05) is 50.6 Å². The first-order chi connectivity index (χ1) is 13.1. The summed E-state index contributed by atoms with van der Waals surface area (Å²) >= 11 is 0. The number of likely N-dealkylation sites (N-methyl/N-ethyl adjacent to an activating group) is 1. The van der Waals surface area contributed by atoms with Crippen molar-refractivity contribution in [2.45, 2.75) is 20.8 Å². The van der Waals surface area contributed by atoms with Gasteiger partial charge in [-0.15, -0.1) is 0 Å². The predicted octanol–water partition coefficient (Wildman–Crippen LogP) is 3.43. The van der Waals surface area contributed by atoms with E-state index in [1.807, 2.05) is 45.0 Å². The summed E-state index contributed by atoms with van der Waals surface area (Å²) in [7, 11) is 3.66. The number of piperazine rings is 1. The van der Waals surface area contributed by atoms with Crippen LogP contribution in [0.1, 0.15) is 29.8 Å². The maximum atomic E-state index is 12.6. The van der Waals surface area contributed by atoms with Crippen molar-refractivity contribution >= 4 is 17.3 Å². The van der Waals surface area contributed by atoms with Crippen LogP contribution >= 0.6 is 0 Å². The van der Waals surface area contributed by atoms with Crippen LogP contribution in [-0.2, 0) is 0 Å². The topological polar surface area (TPSA) is 57.7 Å². The van der Waals surface area contributed by atoms with E-state index in [-0.39, 0.29) is 5.91 Å². The van der Waals surface area contributed by atoms with Crippen LogP contribution in [0.3, 0.4) is 0 Å². The molecule has 6 heteroatoms. The molecule has 1 fully saturated rings. The lowest BCUT2D eigenvalue weighted by atomic mass is 10.1. The van der Waals surface area contributed by atoms with Crippen molar-refractivity contribution in [3.8, 4) is 5.88 Å². The quantitative estimate of drug-likeness (QED) is 0.894. The van der Waals surface area contributed by atoms with Gasteiger partial charge in [-0.25, -0.2) is 4.98 Å². The highest BCUT2D eigenvalue weighted by atomic mass is 16.5. The molecule has 1 saturated heterocycles. The summed E-state index contributed by atoms with van der Waals surface area (Å²) in [6.07, 6.45) is 1.63. The Morgan fingerprint density at radius 2 is 1.70 bits per heavy atom. The lowest BCUT2D eigenvalue weighted by molar-refractivity contribution is 0.102. The van der Waals surface area contributed by atoms with E-state index in [2.05, 4.69) is 27.1 Å². The number of carbonyl (C=O) groups is 1. The average molecular weight is 370 g/mol. The summed E-state index contributed by atoms with van der Waals surface area (Å²) < 4.78 is 5.21. The SMILES string of the molecule is CC.COc1nccc(C)c1C(=O)Nc1ccc(N2CCN(C)CC2)cc1. The van der Waals surface area contributed by atoms with E-state index >= 15 is 0 Å². The van der Waals surface area contributed by atoms with E-state index in [0.717, 1.165) is 37.4 Å². The first kappa shape index (κ1) is 20.7. The Morgan fingerprint density at radius 1 is 1.07 bits per heavy atom. The number of nitrogens with one attached hydrogen (secondary N) is 1. The number of aromatic nitrogens is 1. The second-order valence-corrected chi connectivity index (χ2v) is 6.30. The van der Waals surface area contributed by atoms with E-state index in [1.165, 1.54) is 12.8 Å². The van der Waals surface area contributed by atoms with Crippen molar-refractivity contribution in [2.24, 2.45) is 0 Å². The molecule has 2 heterocycles. The smallest absolute Gasteiger partial charge is 0.261 e. The molecule has 0 aliphatic carbocycles. The predicted molar refractivity (Wildman–Crippen MR) is 111 cm³/mol. The molecular formula is C21H30N4O2. The number of rotatable bonds is 4. The fourth-order valence-corrected chi connectivity index (χ4v) is 2.98. The molecule has 1 aliphatic heterocycles. The molecule has 0 radical (unpaired) electrons. The van der Waals surface area contributed by atoms with Crippen LogP contribution in [0.4, 0.5) is 11.4 Å². The fourth-order valence-electron chi connectivity index (χ4n) is 2.98. The molecule has 27 heavy (non-hydrogen) atoms. The summed E-state index contributed by atoms with van der Waals surface area (Å²) in [5.74, 6) is 0.126. The van der Waals surface area contributed by atoms with Gasteiger partial charge in [0.05, 0.1) is 7.11 Å². The number of methoxy groups -OCH3 is 1. The third-order valence-electron chi connectivity index (χ3n) is 4.54. The number of carbonyl (C=O) groups excluding carboxylic acids is 1. The Hall–Kier alpha value is -2.60. The minimum Gasteiger partial charge on any atom is -0.480 e. The van der Waals surface area contributed by atoms with E-state index in [4.69, 9.17) is 4.74 Å². The van der Waals surface area contributed by atoms with Crippen LogP contribution in [-0.4, -0.2) is 56.1 Å². The minimum absolute atomic E-state index is 0.213. The number of benzene rings is 1. The van der Waals surface area contributed by atoms with Crippen LogP contribution in [0.5, 0.6) is 5.88 Å². The second-order valence-electron chi connectivity index (χ2n) is 6.30. The molecule has 1 aliphatic rings. The number of ether oxygens (including phenoxy) is 1. The van der Waals surface area contributed by atoms with Gasteiger partial charge in [0.2, 0.25) is 5.88 Å². The summed E-state index contributed by atoms with van der Waals surface area (Å²) in [4.78, 5) is 21.4. The molecule has 1 aromatic carbocycles. The first-order valence-electron chi connectivity index (χ1n) is 9.43. The minimum atomic E-state index is -0.213. The van der Waals surface area contributed by atoms with Gasteiger partial charge in [0, 0.05) is 43.8 Å². The van der Waals surface area contributed by atoms with Gasteiger partial charge in [0.15, 0.2) is 0 Å². The summed E-state index contributed by atoms with van der Waals surface area (Å²) in [6.45, 7) is 10.1. The molecular weight excluding hydrogens is 340 g/mol. The number of amides is 1. The molecule has 1 amide bonds. The van der Waals surface area contributed by atoms with Gasteiger partial charge in [0.25, 0.3) is 5.91 Å². The zero-order chi connectivity index (χ0) is 19.8. The number of aryl methyl sites for hydroxylation is 1. The molecule has 6 nitrogen and oxygen atoms in total. The normalized spacial score (nSPS) is 14.2. The van der Waals surface area contributed by atoms with Crippen LogP contribution < -0.4 is 15.0 Å². The molecule has 2 aromatic rings. The molecule has 0 spiro atoms. The molecule has 0 unspecified atom stereocenters. The summed E-state index contributed by atoms with van der Waals surface area (Å²) in [6, 6.07) is 9.77. The van der Waals surface area contributed by atoms with Gasteiger partial charge in [-0.2, -0.15) is 0 Å². The van der Waals surface area contributed by atoms with Crippen molar-refractivity contribution in [1.82, 2.24) is 9.88 Å². The Bertz CT molecular complexity index is 738. The Morgan fingerprint density at radius 3 is 2.30 bits per heavy atom. The fraction of sp³-hybridized carbons (Fsp3) is 0.429. The molecule has 0 saturated carbocycles. The standard InChI is InChI=1S/C19H24N4O2.C2H6/c1-14-8-9-20-19(25-3)17(14)18(24)21-15-4-6-16(7-5-15)23-12-10-22(2)11-13-23;1-2/h4-9H,10-13H2,1-3H3,(H,21,24);1-2H3. The van der Waals surface area contributed by atoms with Crippen LogP contribution in [0, 0.1) is 6.92 Å². The highest BCUT2D eigenvalue weighted by molar-refractivity contribution is 6.06. The van der Waals surface area contributed by atoms with Crippen LogP contribution in [0.15, 0.2) is 36.5 Å². The van der Waals surface area contributed by atoms with Crippen molar-refractivity contribution in [3.05, 3.63) is 47.7 Å². The molecule has 1 N–H and O–H groups in total. The van der Waals surface area contributed by atoms with Crippen LogP contribution in [0.25, 0.3) is 0 Å². The van der Waals surface area contributed by atoms with Crippen molar-refractivity contribution in [1.29, 1.82) is 0 Å². The Balaban J connectivity index is 0.00000126. The molecule has 146 valence electrons. The highest BCUT2D eigenvalue weighted by Gasteiger charge is 2.17. The zero-order valence-electron chi connectivity index (χ0n) is 17.0. The molecule has 0 bridgehead atoms. The third kappa shape index (κ3) is 5.20. The lowest BCUT2D eigenvalue weighted by Gasteiger charge is -2.34. The monoisotopic (exact) mass is 370 g/mol. The van der Waals surface area contributed by atoms with Gasteiger partial charge in [0.1, 0.15) is 5.56 Å². The summed E-state index contributed by atoms with van der Waals surface area (Å²) in [5.41, 5.74) is 3.24. The third-order valence-corrected chi connectivity index (χ3v) is 4.54. The maximum Gasteiger partial charge on any atom is 0.261 e. The molecule has 3 rings (SSSR count).